The summed E-state index contributed by atoms with van der Waals surface area (Å²) in [6.07, 6.45) is 0.584. The highest BCUT2D eigenvalue weighted by Crippen LogP contribution is 2.14. The van der Waals surface area contributed by atoms with Crippen molar-refractivity contribution in [2.45, 2.75) is 12.8 Å². The predicted molar refractivity (Wildman–Crippen MR) is 42.0 cm³/mol. The van der Waals surface area contributed by atoms with Gasteiger partial charge in [-0.1, -0.05) is 0 Å². The molecule has 0 saturated carbocycles. The first-order valence-corrected chi connectivity index (χ1v) is 4.96. The van der Waals surface area contributed by atoms with Crippen molar-refractivity contribution in [1.29, 1.82) is 0 Å². The molecule has 1 atom stereocenters. The molecule has 0 aliphatic carbocycles. The van der Waals surface area contributed by atoms with Gasteiger partial charge in [0.15, 0.2) is 6.16 Å². The number of hydrogen-bond donors (Lipinski definition) is 2. The first kappa shape index (κ1) is 11.5. The molecule has 6 heteroatoms. The van der Waals surface area contributed by atoms with E-state index in [1.165, 1.54) is 0 Å². The van der Waals surface area contributed by atoms with E-state index in [0.29, 0.717) is 6.42 Å². The Hall–Kier alpha value is -0.510. The molecule has 70 valence electrons. The van der Waals surface area contributed by atoms with Crippen molar-refractivity contribution in [3.8, 4) is 0 Å². The number of esters is 1. The van der Waals surface area contributed by atoms with Gasteiger partial charge >= 0.3 is 14.0 Å². The number of aliphatic hydroxyl groups is 1. The third-order valence-corrected chi connectivity index (χ3v) is 1.78. The third-order valence-electron chi connectivity index (χ3n) is 1.08. The molecule has 5 nitrogen and oxygen atoms in total. The molecule has 0 fully saturated rings. The van der Waals surface area contributed by atoms with E-state index in [0.717, 1.165) is 0 Å². The molecule has 0 radical (unpaired) electrons. The van der Waals surface area contributed by atoms with Crippen LogP contribution in [0.25, 0.3) is 0 Å². The van der Waals surface area contributed by atoms with E-state index in [9.17, 15) is 9.36 Å². The van der Waals surface area contributed by atoms with Crippen molar-refractivity contribution >= 4 is 14.0 Å². The Labute approximate surface area is 71.2 Å². The number of rotatable bonds is 6. The number of carbonyl (C=O) groups excluding carboxylic acids is 1. The fourth-order valence-electron chi connectivity index (χ4n) is 0.590. The monoisotopic (exact) mass is 195 g/mol. The van der Waals surface area contributed by atoms with Crippen molar-refractivity contribution < 1.29 is 24.1 Å². The maximum Gasteiger partial charge on any atom is 0.505 e. The van der Waals surface area contributed by atoms with Crippen molar-refractivity contribution in [3.63, 3.8) is 0 Å². The maximum atomic E-state index is 10.7. The lowest BCUT2D eigenvalue weighted by atomic mass is 10.3. The molecule has 2 N–H and O–H groups in total. The van der Waals surface area contributed by atoms with Gasteiger partial charge in [0.05, 0.1) is 6.61 Å². The minimum atomic E-state index is -2.15. The number of hydrogen-bond acceptors (Lipinski definition) is 4. The minimum Gasteiger partial charge on any atom is -0.463 e. The quantitative estimate of drug-likeness (QED) is 0.461. The fraction of sp³-hybridized carbons (Fsp3) is 0.833. The van der Waals surface area contributed by atoms with E-state index >= 15 is 0 Å². The minimum absolute atomic E-state index is 0.00983. The third kappa shape index (κ3) is 7.60. The van der Waals surface area contributed by atoms with Gasteiger partial charge in [0.2, 0.25) is 0 Å². The van der Waals surface area contributed by atoms with Crippen molar-refractivity contribution in [1.82, 2.24) is 0 Å². The average Bonchev–Trinajstić information content (AvgIpc) is 2.00. The highest BCUT2D eigenvalue weighted by Gasteiger charge is 2.11. The molecule has 0 aromatic heterocycles. The average molecular weight is 195 g/mol. The van der Waals surface area contributed by atoms with Gasteiger partial charge < -0.3 is 9.84 Å². The van der Waals surface area contributed by atoms with Gasteiger partial charge in [0.1, 0.15) is 6.61 Å². The molecule has 0 saturated heterocycles. The van der Waals surface area contributed by atoms with E-state index in [-0.39, 0.29) is 25.8 Å². The maximum absolute atomic E-state index is 10.7. The topological polar surface area (TPSA) is 83.8 Å². The molecule has 0 amide bonds. The van der Waals surface area contributed by atoms with E-state index in [1.54, 1.807) is 0 Å². The first-order chi connectivity index (χ1) is 5.66. The summed E-state index contributed by atoms with van der Waals surface area (Å²) in [5, 5.41) is 8.26. The van der Waals surface area contributed by atoms with E-state index in [1.807, 2.05) is 0 Å². The number of carbonyl (C=O) groups is 1. The lowest BCUT2D eigenvalue weighted by Crippen LogP contribution is -2.08. The summed E-state index contributed by atoms with van der Waals surface area (Å²) in [6.45, 7) is -0.204. The molecule has 0 spiro atoms. The molecule has 0 rings (SSSR count). The molecular weight excluding hydrogens is 183 g/mol. The second kappa shape index (κ2) is 7.16. The lowest BCUT2D eigenvalue weighted by Gasteiger charge is -1.99. The van der Waals surface area contributed by atoms with E-state index < -0.39 is 14.0 Å². The van der Waals surface area contributed by atoms with Gasteiger partial charge in [0.25, 0.3) is 0 Å². The van der Waals surface area contributed by atoms with Gasteiger partial charge in [0, 0.05) is 12.8 Å². The molecule has 0 aliphatic rings. The summed E-state index contributed by atoms with van der Waals surface area (Å²) in [4.78, 5) is 19.0. The van der Waals surface area contributed by atoms with Crippen molar-refractivity contribution in [2.75, 3.05) is 19.4 Å². The summed E-state index contributed by atoms with van der Waals surface area (Å²) < 4.78 is 14.7. The summed E-state index contributed by atoms with van der Waals surface area (Å²) in [6, 6.07) is 0. The first-order valence-electron chi connectivity index (χ1n) is 3.57. The van der Waals surface area contributed by atoms with Crippen LogP contribution in [-0.4, -0.2) is 35.3 Å². The second-order valence-corrected chi connectivity index (χ2v) is 3.27. The molecule has 0 heterocycles. The van der Waals surface area contributed by atoms with Crippen LogP contribution in [0.4, 0.5) is 0 Å². The standard InChI is InChI=1S/C6H11O5P/c7-3-4-11-6(8)2-1-5-12(9)10/h7H,1-5H2/p+1. The number of aliphatic hydroxyl groups excluding tert-OH is 1. The highest BCUT2D eigenvalue weighted by molar-refractivity contribution is 7.37. The zero-order valence-electron chi connectivity index (χ0n) is 6.60. The van der Waals surface area contributed by atoms with E-state index in [4.69, 9.17) is 10.00 Å². The van der Waals surface area contributed by atoms with Crippen LogP contribution in [-0.2, 0) is 14.1 Å². The van der Waals surface area contributed by atoms with Crippen LogP contribution >= 0.6 is 8.03 Å². The highest BCUT2D eigenvalue weighted by atomic mass is 31.1. The summed E-state index contributed by atoms with van der Waals surface area (Å²) >= 11 is 0. The van der Waals surface area contributed by atoms with Gasteiger partial charge in [-0.2, -0.15) is 4.89 Å². The molecule has 0 aromatic carbocycles. The van der Waals surface area contributed by atoms with Crippen LogP contribution in [0.3, 0.4) is 0 Å². The Morgan fingerprint density at radius 3 is 2.67 bits per heavy atom. The van der Waals surface area contributed by atoms with Gasteiger partial charge in [-0.3, -0.25) is 4.79 Å². The van der Waals surface area contributed by atoms with Gasteiger partial charge in [-0.25, -0.2) is 0 Å². The van der Waals surface area contributed by atoms with Crippen LogP contribution in [0.1, 0.15) is 12.8 Å². The molecule has 12 heavy (non-hydrogen) atoms. The molecule has 0 aromatic rings. The van der Waals surface area contributed by atoms with Crippen LogP contribution < -0.4 is 0 Å². The van der Waals surface area contributed by atoms with E-state index in [2.05, 4.69) is 4.74 Å². The molecule has 0 aliphatic heterocycles. The Kier molecular flexibility index (Phi) is 6.85. The fourth-order valence-corrected chi connectivity index (χ4v) is 1.02. The van der Waals surface area contributed by atoms with Crippen molar-refractivity contribution in [3.05, 3.63) is 0 Å². The van der Waals surface area contributed by atoms with Crippen LogP contribution in [0, 0.1) is 0 Å². The smallest absolute Gasteiger partial charge is 0.463 e. The Morgan fingerprint density at radius 2 is 2.17 bits per heavy atom. The predicted octanol–water partition coefficient (Wildman–Crippen LogP) is 0.0368. The molecule has 0 bridgehead atoms. The zero-order valence-corrected chi connectivity index (χ0v) is 7.50. The zero-order chi connectivity index (χ0) is 9.40. The normalized spacial score (nSPS) is 11.0. The Bertz CT molecular complexity index is 158. The largest absolute Gasteiger partial charge is 0.505 e. The molecular formula is C6H12O5P+. The van der Waals surface area contributed by atoms with Crippen LogP contribution in [0.2, 0.25) is 0 Å². The van der Waals surface area contributed by atoms with Crippen LogP contribution in [0.5, 0.6) is 0 Å². The Balaban J connectivity index is 3.25. The van der Waals surface area contributed by atoms with Gasteiger partial charge in [-0.15, -0.1) is 0 Å². The van der Waals surface area contributed by atoms with Gasteiger partial charge in [-0.05, 0) is 4.57 Å². The summed E-state index contributed by atoms with van der Waals surface area (Å²) in [5.41, 5.74) is 0. The Morgan fingerprint density at radius 1 is 1.50 bits per heavy atom. The summed E-state index contributed by atoms with van der Waals surface area (Å²) in [7, 11) is -2.15. The number of ether oxygens (including phenoxy) is 1. The SMILES string of the molecule is O=C(CCC[P+](=O)O)OCCO. The summed E-state index contributed by atoms with van der Waals surface area (Å²) in [5.74, 6) is -0.444. The lowest BCUT2D eigenvalue weighted by molar-refractivity contribution is -0.144. The van der Waals surface area contributed by atoms with Crippen molar-refractivity contribution in [2.24, 2.45) is 0 Å². The molecule has 1 unspecified atom stereocenters. The second-order valence-electron chi connectivity index (χ2n) is 2.12. The van der Waals surface area contributed by atoms with Crippen LogP contribution in [0.15, 0.2) is 0 Å².